The smallest absolute Gasteiger partial charge is 0.276 e. The van der Waals surface area contributed by atoms with E-state index in [1.807, 2.05) is 74.6 Å². The van der Waals surface area contributed by atoms with Gasteiger partial charge in [0.2, 0.25) is 0 Å². The number of nitrogens with zero attached hydrogens (tertiary/aromatic N) is 9. The molecule has 1 unspecified atom stereocenters. The Hall–Kier alpha value is -5.13. The number of benzene rings is 2. The number of carbonyl (C=O) groups is 1. The summed E-state index contributed by atoms with van der Waals surface area (Å²) in [6, 6.07) is 13.8. The van der Waals surface area contributed by atoms with E-state index in [1.54, 1.807) is 22.0 Å². The molecule has 0 spiro atoms. The van der Waals surface area contributed by atoms with Crippen LogP contribution in [0.4, 0.5) is 5.69 Å². The van der Waals surface area contributed by atoms with Crippen LogP contribution in [0.5, 0.6) is 5.75 Å². The van der Waals surface area contributed by atoms with Gasteiger partial charge >= 0.3 is 0 Å². The molecule has 0 bridgehead atoms. The van der Waals surface area contributed by atoms with E-state index in [1.165, 1.54) is 0 Å². The maximum atomic E-state index is 15.2. The molecule has 0 aliphatic carbocycles. The van der Waals surface area contributed by atoms with Gasteiger partial charge < -0.3 is 13.9 Å². The normalized spacial score (nSPS) is 16.0. The third kappa shape index (κ3) is 5.28. The molecule has 8 rings (SSSR count). The number of carbonyl (C=O) groups excluding carboxylic acids is 1. The van der Waals surface area contributed by atoms with Crippen LogP contribution in [0.1, 0.15) is 58.0 Å². The van der Waals surface area contributed by atoms with Gasteiger partial charge in [-0.3, -0.25) is 14.4 Å². The zero-order valence-electron chi connectivity index (χ0n) is 30.1. The molecular weight excluding hydrogens is 697 g/mol. The number of hydrogen-bond donors (Lipinski definition) is 0. The molecule has 13 heteroatoms. The zero-order chi connectivity index (χ0) is 36.6. The van der Waals surface area contributed by atoms with Crippen molar-refractivity contribution < 1.29 is 9.53 Å². The molecule has 0 saturated heterocycles. The predicted molar refractivity (Wildman–Crippen MR) is 205 cm³/mol. The number of para-hydroxylation sites is 1. The minimum atomic E-state index is -0.713. The first kappa shape index (κ1) is 34.0. The number of aryl methyl sites for hydroxylation is 6. The fourth-order valence-electron chi connectivity index (χ4n) is 7.79. The van der Waals surface area contributed by atoms with Gasteiger partial charge in [0.1, 0.15) is 22.5 Å². The fraction of sp³-hybridized carbons (Fsp3) is 0.308. The summed E-state index contributed by atoms with van der Waals surface area (Å²) in [4.78, 5) is 21.8. The highest BCUT2D eigenvalue weighted by atomic mass is 35.5. The van der Waals surface area contributed by atoms with Gasteiger partial charge in [-0.05, 0) is 88.4 Å². The van der Waals surface area contributed by atoms with Gasteiger partial charge in [0.05, 0.1) is 47.5 Å². The molecule has 0 radical (unpaired) electrons. The van der Waals surface area contributed by atoms with Crippen molar-refractivity contribution in [3.63, 3.8) is 0 Å². The van der Waals surface area contributed by atoms with Gasteiger partial charge in [-0.1, -0.05) is 46.6 Å². The second-order valence-electron chi connectivity index (χ2n) is 13.7. The molecule has 0 fully saturated rings. The Morgan fingerprint density at radius 1 is 1.02 bits per heavy atom. The van der Waals surface area contributed by atoms with Crippen LogP contribution in [0.3, 0.4) is 0 Å². The Labute approximate surface area is 311 Å². The van der Waals surface area contributed by atoms with E-state index in [0.717, 1.165) is 66.4 Å². The van der Waals surface area contributed by atoms with Gasteiger partial charge in [0.15, 0.2) is 5.82 Å². The molecule has 2 atom stereocenters. The maximum Gasteiger partial charge on any atom is 0.276 e. The Bertz CT molecular complexity index is 2510. The van der Waals surface area contributed by atoms with Crippen molar-refractivity contribution in [1.82, 2.24) is 38.9 Å². The zero-order valence-corrected chi connectivity index (χ0v) is 31.7. The van der Waals surface area contributed by atoms with Crippen LogP contribution < -0.4 is 9.64 Å². The van der Waals surface area contributed by atoms with E-state index < -0.39 is 5.50 Å². The van der Waals surface area contributed by atoms with E-state index in [2.05, 4.69) is 46.9 Å². The SMILES string of the molecule is Cc1cc(OCCCc2c3n(c4c(-c5c(C)nn(C)c5C)cccc24)C(C)[C@@H](Cl)N(c2cn(C)c4ccc(-n5ccnn5)nc24)C3=O)cc(C)c1Cl. The molecule has 2 aromatic carbocycles. The Morgan fingerprint density at radius 3 is 2.48 bits per heavy atom. The van der Waals surface area contributed by atoms with E-state index in [-0.39, 0.29) is 11.9 Å². The lowest BCUT2D eigenvalue weighted by molar-refractivity contribution is 0.0951. The summed E-state index contributed by atoms with van der Waals surface area (Å²) in [5, 5.41) is 14.6. The molecule has 52 heavy (non-hydrogen) atoms. The topological polar surface area (TPSA) is 101 Å². The Morgan fingerprint density at radius 2 is 1.79 bits per heavy atom. The van der Waals surface area contributed by atoms with Crippen molar-refractivity contribution in [3.05, 3.63) is 99.8 Å². The third-order valence-corrected chi connectivity index (χ3v) is 11.5. The monoisotopic (exact) mass is 735 g/mol. The molecule has 1 aliphatic rings. The number of halogens is 2. The van der Waals surface area contributed by atoms with Crippen molar-refractivity contribution in [3.8, 4) is 22.7 Å². The summed E-state index contributed by atoms with van der Waals surface area (Å²) in [6.07, 6.45) is 6.57. The average Bonchev–Trinajstić information content (AvgIpc) is 3.90. The Balaban J connectivity index is 1.27. The van der Waals surface area contributed by atoms with Crippen LogP contribution in [0.25, 0.3) is 38.9 Å². The molecule has 0 saturated carbocycles. The van der Waals surface area contributed by atoms with Gasteiger partial charge in [-0.25, -0.2) is 9.67 Å². The predicted octanol–water partition coefficient (Wildman–Crippen LogP) is 8.19. The van der Waals surface area contributed by atoms with Crippen molar-refractivity contribution >= 4 is 56.7 Å². The van der Waals surface area contributed by atoms with Crippen LogP contribution in [0.2, 0.25) is 5.02 Å². The summed E-state index contributed by atoms with van der Waals surface area (Å²) < 4.78 is 13.9. The molecule has 6 heterocycles. The van der Waals surface area contributed by atoms with Crippen molar-refractivity contribution in [1.29, 1.82) is 0 Å². The van der Waals surface area contributed by atoms with Crippen molar-refractivity contribution in [2.75, 3.05) is 11.5 Å². The lowest BCUT2D eigenvalue weighted by atomic mass is 9.98. The number of hydrogen-bond acceptors (Lipinski definition) is 6. The fourth-order valence-corrected chi connectivity index (χ4v) is 8.20. The van der Waals surface area contributed by atoms with E-state index >= 15 is 4.79 Å². The molecule has 0 N–H and O–H groups in total. The summed E-state index contributed by atoms with van der Waals surface area (Å²) >= 11 is 13.8. The van der Waals surface area contributed by atoms with Crippen LogP contribution in [0.15, 0.2) is 61.1 Å². The molecule has 5 aromatic heterocycles. The summed E-state index contributed by atoms with van der Waals surface area (Å²) in [5.74, 6) is 1.19. The second-order valence-corrected chi connectivity index (χ2v) is 14.5. The van der Waals surface area contributed by atoms with Crippen molar-refractivity contribution in [2.24, 2.45) is 14.1 Å². The Kier molecular flexibility index (Phi) is 8.38. The van der Waals surface area contributed by atoms with Crippen LogP contribution in [-0.4, -0.2) is 56.9 Å². The first-order valence-electron chi connectivity index (χ1n) is 17.3. The number of amides is 1. The highest BCUT2D eigenvalue weighted by Crippen LogP contribution is 2.45. The maximum absolute atomic E-state index is 15.2. The first-order chi connectivity index (χ1) is 25.0. The van der Waals surface area contributed by atoms with Crippen LogP contribution in [-0.2, 0) is 20.5 Å². The van der Waals surface area contributed by atoms with Gasteiger partial charge in [-0.2, -0.15) is 5.10 Å². The van der Waals surface area contributed by atoms with E-state index in [4.69, 9.17) is 38.0 Å². The molecule has 1 amide bonds. The van der Waals surface area contributed by atoms with E-state index in [0.29, 0.717) is 42.2 Å². The highest BCUT2D eigenvalue weighted by molar-refractivity contribution is 6.32. The lowest BCUT2D eigenvalue weighted by Gasteiger charge is -2.38. The number of ether oxygens (including phenoxy) is 1. The van der Waals surface area contributed by atoms with Crippen LogP contribution in [0, 0.1) is 27.7 Å². The molecule has 11 nitrogen and oxygen atoms in total. The molecular formula is C39H39Cl2N9O2. The minimum absolute atomic E-state index is 0.180. The minimum Gasteiger partial charge on any atom is -0.494 e. The highest BCUT2D eigenvalue weighted by Gasteiger charge is 2.42. The van der Waals surface area contributed by atoms with Gasteiger partial charge in [0.25, 0.3) is 5.91 Å². The largest absolute Gasteiger partial charge is 0.494 e. The number of pyridine rings is 1. The summed E-state index contributed by atoms with van der Waals surface area (Å²) in [5.41, 5.74) is 10.0. The average molecular weight is 737 g/mol. The van der Waals surface area contributed by atoms with E-state index in [9.17, 15) is 0 Å². The second kappa shape index (κ2) is 12.8. The molecule has 266 valence electrons. The standard InChI is InChI=1S/C39H39Cl2N9O2/c1-21-18-26(19-22(2)34(21)40)52-17-9-12-28-27-10-8-11-29(33-23(3)44-47(7)24(33)4)36(27)49-25(5)38(41)50(39(51)37(28)49)31-20-46(6)30-13-14-32(43-35(30)31)48-16-15-42-45-48/h8,10-11,13-16,18-20,25,38H,9,12,17H2,1-7H3/t25?,38-/m0/s1. The third-order valence-electron chi connectivity index (χ3n) is 10.3. The van der Waals surface area contributed by atoms with Gasteiger partial charge in [0, 0.05) is 47.5 Å². The number of anilines is 1. The van der Waals surface area contributed by atoms with Gasteiger partial charge in [-0.15, -0.1) is 5.10 Å². The number of aromatic nitrogens is 8. The summed E-state index contributed by atoms with van der Waals surface area (Å²) in [6.45, 7) is 10.6. The number of rotatable bonds is 8. The quantitative estimate of drug-likeness (QED) is 0.0887. The number of alkyl halides is 1. The molecule has 1 aliphatic heterocycles. The molecule has 7 aromatic rings. The summed E-state index contributed by atoms with van der Waals surface area (Å²) in [7, 11) is 3.90. The van der Waals surface area contributed by atoms with Crippen LogP contribution >= 0.6 is 23.2 Å². The lowest BCUT2D eigenvalue weighted by Crippen LogP contribution is -2.47. The number of fused-ring (bicyclic) bond motifs is 4. The first-order valence-corrected chi connectivity index (χ1v) is 18.1. The van der Waals surface area contributed by atoms with Crippen molar-refractivity contribution in [2.45, 2.75) is 59.0 Å².